The van der Waals surface area contributed by atoms with Crippen molar-refractivity contribution in [3.05, 3.63) is 0 Å². The average Bonchev–Trinajstić information content (AvgIpc) is 2.87. The van der Waals surface area contributed by atoms with E-state index in [1.807, 2.05) is 0 Å². The molecular formula is C10H17Cl2NO3. The van der Waals surface area contributed by atoms with Gasteiger partial charge in [0.25, 0.3) is 0 Å². The van der Waals surface area contributed by atoms with Crippen molar-refractivity contribution in [3.8, 4) is 0 Å². The van der Waals surface area contributed by atoms with E-state index in [4.69, 9.17) is 32.7 Å². The smallest absolute Gasteiger partial charge is 0.228 e. The third-order valence-electron chi connectivity index (χ3n) is 2.57. The molecule has 1 atom stereocenters. The third kappa shape index (κ3) is 3.77. The molecular weight excluding hydrogens is 253 g/mol. The highest BCUT2D eigenvalue weighted by molar-refractivity contribution is 6.52. The van der Waals surface area contributed by atoms with E-state index in [1.165, 1.54) is 0 Å². The van der Waals surface area contributed by atoms with Gasteiger partial charge >= 0.3 is 0 Å². The predicted molar refractivity (Wildman–Crippen MR) is 62.9 cm³/mol. The summed E-state index contributed by atoms with van der Waals surface area (Å²) in [6.45, 7) is 2.08. The lowest BCUT2D eigenvalue weighted by atomic mass is 10.3. The van der Waals surface area contributed by atoms with E-state index >= 15 is 0 Å². The molecule has 94 valence electrons. The van der Waals surface area contributed by atoms with Gasteiger partial charge in [-0.25, -0.2) is 0 Å². The molecule has 0 N–H and O–H groups in total. The quantitative estimate of drug-likeness (QED) is 0.654. The summed E-state index contributed by atoms with van der Waals surface area (Å²) in [6, 6.07) is 0. The zero-order valence-corrected chi connectivity index (χ0v) is 11.1. The molecule has 1 rings (SSSR count). The SMILES string of the molecule is COCCN(CCOC)C(=O)C1CC1(Cl)Cl. The lowest BCUT2D eigenvalue weighted by Gasteiger charge is -2.22. The summed E-state index contributed by atoms with van der Waals surface area (Å²) in [4.78, 5) is 13.7. The molecule has 4 nitrogen and oxygen atoms in total. The molecule has 0 spiro atoms. The molecule has 1 aliphatic rings. The molecule has 1 fully saturated rings. The maximum absolute atomic E-state index is 12.0. The van der Waals surface area contributed by atoms with Crippen molar-refractivity contribution >= 4 is 29.1 Å². The fourth-order valence-corrected chi connectivity index (χ4v) is 1.93. The van der Waals surface area contributed by atoms with Crippen LogP contribution in [0.3, 0.4) is 0 Å². The number of hydrogen-bond donors (Lipinski definition) is 0. The van der Waals surface area contributed by atoms with Crippen LogP contribution in [0.4, 0.5) is 0 Å². The Labute approximate surface area is 106 Å². The molecule has 1 saturated carbocycles. The van der Waals surface area contributed by atoms with Crippen LogP contribution in [-0.4, -0.2) is 55.7 Å². The standard InChI is InChI=1S/C10H17Cl2NO3/c1-15-5-3-13(4-6-16-2)9(14)8-7-10(8,11)12/h8H,3-7H2,1-2H3. The summed E-state index contributed by atoms with van der Waals surface area (Å²) < 4.78 is 9.04. The molecule has 1 unspecified atom stereocenters. The van der Waals surface area contributed by atoms with Crippen LogP contribution in [0.1, 0.15) is 6.42 Å². The van der Waals surface area contributed by atoms with Gasteiger partial charge < -0.3 is 14.4 Å². The Balaban J connectivity index is 2.44. The van der Waals surface area contributed by atoms with Crippen molar-refractivity contribution in [2.45, 2.75) is 10.8 Å². The Bertz CT molecular complexity index is 240. The fraction of sp³-hybridized carbons (Fsp3) is 0.900. The van der Waals surface area contributed by atoms with E-state index in [0.29, 0.717) is 32.7 Å². The highest BCUT2D eigenvalue weighted by Gasteiger charge is 2.57. The van der Waals surface area contributed by atoms with Gasteiger partial charge in [0.1, 0.15) is 4.33 Å². The van der Waals surface area contributed by atoms with Crippen molar-refractivity contribution < 1.29 is 14.3 Å². The maximum atomic E-state index is 12.0. The molecule has 0 aromatic rings. The van der Waals surface area contributed by atoms with Crippen LogP contribution in [-0.2, 0) is 14.3 Å². The minimum atomic E-state index is -0.866. The Morgan fingerprint density at radius 2 is 1.75 bits per heavy atom. The van der Waals surface area contributed by atoms with Gasteiger partial charge in [0.2, 0.25) is 5.91 Å². The van der Waals surface area contributed by atoms with Gasteiger partial charge in [-0.3, -0.25) is 4.79 Å². The largest absolute Gasteiger partial charge is 0.383 e. The van der Waals surface area contributed by atoms with Crippen LogP contribution < -0.4 is 0 Å². The Kier molecular flexibility index (Phi) is 5.31. The number of rotatable bonds is 7. The minimum Gasteiger partial charge on any atom is -0.383 e. The van der Waals surface area contributed by atoms with Crippen molar-refractivity contribution in [1.29, 1.82) is 0 Å². The van der Waals surface area contributed by atoms with Crippen molar-refractivity contribution in [2.24, 2.45) is 5.92 Å². The summed E-state index contributed by atoms with van der Waals surface area (Å²) >= 11 is 11.7. The molecule has 0 aromatic heterocycles. The summed E-state index contributed by atoms with van der Waals surface area (Å²) in [6.07, 6.45) is 0.533. The molecule has 0 aliphatic heterocycles. The third-order valence-corrected chi connectivity index (χ3v) is 3.40. The second kappa shape index (κ2) is 6.05. The predicted octanol–water partition coefficient (Wildman–Crippen LogP) is 1.30. The van der Waals surface area contributed by atoms with E-state index in [-0.39, 0.29) is 11.8 Å². The molecule has 0 aromatic carbocycles. The molecule has 6 heteroatoms. The summed E-state index contributed by atoms with van der Waals surface area (Å²) in [5.74, 6) is -0.288. The van der Waals surface area contributed by atoms with Crippen molar-refractivity contribution in [2.75, 3.05) is 40.5 Å². The van der Waals surface area contributed by atoms with Gasteiger partial charge in [-0.15, -0.1) is 23.2 Å². The lowest BCUT2D eigenvalue weighted by molar-refractivity contribution is -0.133. The van der Waals surface area contributed by atoms with Gasteiger partial charge in [0, 0.05) is 27.3 Å². The number of amides is 1. The van der Waals surface area contributed by atoms with Crippen LogP contribution in [0.15, 0.2) is 0 Å². The van der Waals surface area contributed by atoms with Crippen molar-refractivity contribution in [1.82, 2.24) is 4.90 Å². The first-order chi connectivity index (χ1) is 7.53. The van der Waals surface area contributed by atoms with Crippen LogP contribution in [0, 0.1) is 5.92 Å². The van der Waals surface area contributed by atoms with Gasteiger partial charge in [0.05, 0.1) is 19.1 Å². The summed E-state index contributed by atoms with van der Waals surface area (Å²) in [5, 5.41) is 0. The molecule has 0 heterocycles. The Hall–Kier alpha value is -0.0300. The van der Waals surface area contributed by atoms with E-state index in [9.17, 15) is 4.79 Å². The molecule has 0 radical (unpaired) electrons. The van der Waals surface area contributed by atoms with Gasteiger partial charge in [-0.05, 0) is 6.42 Å². The summed E-state index contributed by atoms with van der Waals surface area (Å²) in [7, 11) is 3.20. The zero-order valence-electron chi connectivity index (χ0n) is 9.54. The first kappa shape index (κ1) is 14.0. The van der Waals surface area contributed by atoms with Gasteiger partial charge in [-0.2, -0.15) is 0 Å². The zero-order chi connectivity index (χ0) is 12.2. The second-order valence-electron chi connectivity index (χ2n) is 3.83. The number of carbonyl (C=O) groups excluding carboxylic acids is 1. The number of carbonyl (C=O) groups is 1. The number of halogens is 2. The van der Waals surface area contributed by atoms with Crippen LogP contribution in [0.2, 0.25) is 0 Å². The number of nitrogens with zero attached hydrogens (tertiary/aromatic N) is 1. The highest BCUT2D eigenvalue weighted by Crippen LogP contribution is 2.53. The number of methoxy groups -OCH3 is 2. The monoisotopic (exact) mass is 269 g/mol. The topological polar surface area (TPSA) is 38.8 Å². The number of alkyl halides is 2. The molecule has 1 aliphatic carbocycles. The van der Waals surface area contributed by atoms with Crippen LogP contribution in [0.25, 0.3) is 0 Å². The van der Waals surface area contributed by atoms with E-state index in [1.54, 1.807) is 19.1 Å². The van der Waals surface area contributed by atoms with Crippen LogP contribution >= 0.6 is 23.2 Å². The Morgan fingerprint density at radius 1 is 1.31 bits per heavy atom. The molecule has 1 amide bonds. The normalized spacial score (nSPS) is 21.9. The van der Waals surface area contributed by atoms with Gasteiger partial charge in [-0.1, -0.05) is 0 Å². The second-order valence-corrected chi connectivity index (χ2v) is 5.37. The fourth-order valence-electron chi connectivity index (χ4n) is 1.44. The molecule has 0 saturated heterocycles. The number of ether oxygens (including phenoxy) is 2. The average molecular weight is 270 g/mol. The first-order valence-electron chi connectivity index (χ1n) is 5.17. The van der Waals surface area contributed by atoms with E-state index in [2.05, 4.69) is 0 Å². The van der Waals surface area contributed by atoms with Gasteiger partial charge in [0.15, 0.2) is 0 Å². The molecule has 16 heavy (non-hydrogen) atoms. The van der Waals surface area contributed by atoms with Crippen molar-refractivity contribution in [3.63, 3.8) is 0 Å². The van der Waals surface area contributed by atoms with Crippen LogP contribution in [0.5, 0.6) is 0 Å². The highest BCUT2D eigenvalue weighted by atomic mass is 35.5. The summed E-state index contributed by atoms with van der Waals surface area (Å²) in [5.41, 5.74) is 0. The Morgan fingerprint density at radius 3 is 2.06 bits per heavy atom. The minimum absolute atomic E-state index is 0.0147. The number of hydrogen-bond acceptors (Lipinski definition) is 3. The van der Waals surface area contributed by atoms with E-state index < -0.39 is 4.33 Å². The lowest BCUT2D eigenvalue weighted by Crippen LogP contribution is -2.38. The van der Waals surface area contributed by atoms with E-state index in [0.717, 1.165) is 0 Å². The maximum Gasteiger partial charge on any atom is 0.228 e. The molecule has 0 bridgehead atoms. The first-order valence-corrected chi connectivity index (χ1v) is 5.93.